The smallest absolute Gasteiger partial charge is 0.230 e. The highest BCUT2D eigenvalue weighted by Crippen LogP contribution is 2.08. The molecule has 1 atom stereocenters. The summed E-state index contributed by atoms with van der Waals surface area (Å²) in [5.74, 6) is 0.846. The van der Waals surface area contributed by atoms with Crippen molar-refractivity contribution in [3.63, 3.8) is 0 Å². The lowest BCUT2D eigenvalue weighted by atomic mass is 10.1. The van der Waals surface area contributed by atoms with Crippen LogP contribution < -0.4 is 5.11 Å². The van der Waals surface area contributed by atoms with Gasteiger partial charge in [-0.25, -0.2) is 0 Å². The van der Waals surface area contributed by atoms with Gasteiger partial charge in [-0.05, 0) is 12.2 Å². The van der Waals surface area contributed by atoms with Crippen LogP contribution in [0.5, 0.6) is 0 Å². The van der Waals surface area contributed by atoms with E-state index in [1.807, 2.05) is 18.2 Å². The molecule has 56 valence electrons. The number of fused-ring (bicyclic) bond motifs is 1. The molecule has 11 heavy (non-hydrogen) atoms. The van der Waals surface area contributed by atoms with Crippen molar-refractivity contribution in [2.45, 2.75) is 6.04 Å². The largest absolute Gasteiger partial charge is 0.497 e. The fraction of sp³-hybridized carbons (Fsp3) is 0.286. The van der Waals surface area contributed by atoms with E-state index < -0.39 is 0 Å². The molecule has 0 bridgehead atoms. The van der Waals surface area contributed by atoms with Gasteiger partial charge in [0, 0.05) is 6.08 Å². The van der Waals surface area contributed by atoms with E-state index in [2.05, 4.69) is 15.4 Å². The molecule has 4 heteroatoms. The van der Waals surface area contributed by atoms with Crippen LogP contribution in [-0.2, 0) is 4.74 Å². The lowest BCUT2D eigenvalue weighted by Gasteiger charge is -2.04. The number of ether oxygens (including phenoxy) is 1. The minimum Gasteiger partial charge on any atom is -0.497 e. The van der Waals surface area contributed by atoms with E-state index >= 15 is 0 Å². The summed E-state index contributed by atoms with van der Waals surface area (Å²) in [4.78, 5) is 0. The van der Waals surface area contributed by atoms with Crippen LogP contribution >= 0.6 is 0 Å². The number of nitrogens with one attached hydrogen (secondary N) is 1. The van der Waals surface area contributed by atoms with Crippen molar-refractivity contribution in [1.29, 1.82) is 0 Å². The average Bonchev–Trinajstić information content (AvgIpc) is 2.50. The number of nitrogens with zero attached hydrogens (tertiary/aromatic N) is 2. The van der Waals surface area contributed by atoms with Crippen LogP contribution in [0, 0.1) is 0 Å². The zero-order valence-corrected chi connectivity index (χ0v) is 6.11. The maximum absolute atomic E-state index is 5.04. The Morgan fingerprint density at radius 1 is 1.55 bits per heavy atom. The zero-order chi connectivity index (χ0) is 7.68. The van der Waals surface area contributed by atoms with Crippen LogP contribution in [0.4, 0.5) is 0 Å². The summed E-state index contributed by atoms with van der Waals surface area (Å²) in [5, 5.41) is 10.4. The highest BCUT2D eigenvalue weighted by molar-refractivity contribution is 6.01. The van der Waals surface area contributed by atoms with E-state index in [0.717, 1.165) is 11.5 Å². The first-order valence-corrected chi connectivity index (χ1v) is 3.37. The molecular weight excluding hydrogens is 142 g/mol. The highest BCUT2D eigenvalue weighted by atomic mass is 16.5. The molecule has 1 aliphatic carbocycles. The van der Waals surface area contributed by atoms with Gasteiger partial charge in [0.05, 0.1) is 12.2 Å². The van der Waals surface area contributed by atoms with Crippen LogP contribution in [0.3, 0.4) is 0 Å². The van der Waals surface area contributed by atoms with Gasteiger partial charge in [-0.1, -0.05) is 0 Å². The Hall–Kier alpha value is -1.45. The second-order valence-corrected chi connectivity index (χ2v) is 2.34. The number of methoxy groups -OCH3 is 1. The summed E-state index contributed by atoms with van der Waals surface area (Å²) in [6.45, 7) is 0. The minimum absolute atomic E-state index is 0.106. The molecule has 1 aliphatic heterocycles. The van der Waals surface area contributed by atoms with Gasteiger partial charge in [0.1, 0.15) is 11.0 Å². The Bertz CT molecular complexity index is 288. The van der Waals surface area contributed by atoms with Crippen molar-refractivity contribution in [2.24, 2.45) is 10.3 Å². The van der Waals surface area contributed by atoms with Crippen molar-refractivity contribution in [3.8, 4) is 0 Å². The predicted octanol–water partition coefficient (Wildman–Crippen LogP) is -0.642. The summed E-state index contributed by atoms with van der Waals surface area (Å²) >= 11 is 0. The summed E-state index contributed by atoms with van der Waals surface area (Å²) in [6, 6.07) is 0.106. The molecule has 0 aromatic rings. The van der Waals surface area contributed by atoms with E-state index in [4.69, 9.17) is 4.74 Å². The topological polar surface area (TPSA) is 47.9 Å². The van der Waals surface area contributed by atoms with Gasteiger partial charge in [-0.15, -0.1) is 0 Å². The van der Waals surface area contributed by atoms with Crippen molar-refractivity contribution in [3.05, 3.63) is 24.0 Å². The van der Waals surface area contributed by atoms with Crippen molar-refractivity contribution < 1.29 is 9.85 Å². The van der Waals surface area contributed by atoms with Crippen LogP contribution in [-0.4, -0.2) is 18.9 Å². The van der Waals surface area contributed by atoms with E-state index in [9.17, 15) is 0 Å². The summed E-state index contributed by atoms with van der Waals surface area (Å²) in [7, 11) is 1.64. The third-order valence-corrected chi connectivity index (χ3v) is 1.67. The van der Waals surface area contributed by atoms with E-state index in [0.29, 0.717) is 0 Å². The lowest BCUT2D eigenvalue weighted by molar-refractivity contribution is -0.537. The first-order chi connectivity index (χ1) is 5.40. The van der Waals surface area contributed by atoms with Gasteiger partial charge in [0.15, 0.2) is 0 Å². The quantitative estimate of drug-likeness (QED) is 0.531. The monoisotopic (exact) mass is 150 g/mol. The van der Waals surface area contributed by atoms with Gasteiger partial charge in [-0.2, -0.15) is 5.11 Å². The van der Waals surface area contributed by atoms with E-state index in [1.165, 1.54) is 0 Å². The Morgan fingerprint density at radius 2 is 2.45 bits per heavy atom. The molecule has 0 saturated heterocycles. The number of hydrogen-bond acceptors (Lipinski definition) is 3. The highest BCUT2D eigenvalue weighted by Gasteiger charge is 2.26. The predicted molar refractivity (Wildman–Crippen MR) is 38.8 cm³/mol. The summed E-state index contributed by atoms with van der Waals surface area (Å²) < 4.78 is 5.04. The van der Waals surface area contributed by atoms with Crippen molar-refractivity contribution in [1.82, 2.24) is 0 Å². The summed E-state index contributed by atoms with van der Waals surface area (Å²) in [6.07, 6.45) is 5.71. The lowest BCUT2D eigenvalue weighted by Crippen LogP contribution is -2.73. The molecule has 0 amide bonds. The Kier molecular flexibility index (Phi) is 1.31. The van der Waals surface area contributed by atoms with Crippen LogP contribution in [0.15, 0.2) is 34.3 Å². The third kappa shape index (κ3) is 0.960. The molecular formula is C7H8N3O+. The first kappa shape index (κ1) is 6.27. The fourth-order valence-corrected chi connectivity index (χ4v) is 1.06. The molecule has 2 aliphatic rings. The normalized spacial score (nSPS) is 26.1. The molecule has 4 nitrogen and oxygen atoms in total. The van der Waals surface area contributed by atoms with Crippen molar-refractivity contribution >= 4 is 5.71 Å². The maximum atomic E-state index is 5.04. The second-order valence-electron chi connectivity index (χ2n) is 2.34. The van der Waals surface area contributed by atoms with Gasteiger partial charge < -0.3 is 4.74 Å². The summed E-state index contributed by atoms with van der Waals surface area (Å²) in [5.41, 5.74) is 0.936. The molecule has 0 aromatic carbocycles. The van der Waals surface area contributed by atoms with Crippen LogP contribution in [0.1, 0.15) is 0 Å². The Morgan fingerprint density at radius 3 is 3.27 bits per heavy atom. The molecule has 0 aromatic heterocycles. The maximum Gasteiger partial charge on any atom is 0.230 e. The number of allylic oxidation sites excluding steroid dienone is 1. The van der Waals surface area contributed by atoms with Gasteiger partial charge in [0.25, 0.3) is 0 Å². The standard InChI is InChI=1S/C7H7N3O/c1-11-5-2-3-6-7(4-5)9-10-8-6/h2-4,7H,1H3/p+1. The third-order valence-electron chi connectivity index (χ3n) is 1.67. The number of rotatable bonds is 1. The SMILES string of the molecule is COC1=CC2[NH+]=NN=C2C=C1. The number of hydrogen-bond donors (Lipinski definition) is 1. The van der Waals surface area contributed by atoms with Crippen molar-refractivity contribution in [2.75, 3.05) is 7.11 Å². The second kappa shape index (κ2) is 2.30. The average molecular weight is 150 g/mol. The van der Waals surface area contributed by atoms with E-state index in [-0.39, 0.29) is 6.04 Å². The molecule has 2 rings (SSSR count). The molecule has 0 spiro atoms. The van der Waals surface area contributed by atoms with Crippen LogP contribution in [0.2, 0.25) is 0 Å². The van der Waals surface area contributed by atoms with Gasteiger partial charge in [-0.3, -0.25) is 0 Å². The fourth-order valence-electron chi connectivity index (χ4n) is 1.06. The molecule has 0 radical (unpaired) electrons. The zero-order valence-electron chi connectivity index (χ0n) is 6.11. The molecule has 0 saturated carbocycles. The minimum atomic E-state index is 0.106. The molecule has 1 N–H and O–H groups in total. The molecule has 1 heterocycles. The van der Waals surface area contributed by atoms with Gasteiger partial charge >= 0.3 is 0 Å². The molecule has 1 unspecified atom stereocenters. The van der Waals surface area contributed by atoms with Gasteiger partial charge in [0.2, 0.25) is 11.8 Å². The Balaban J connectivity index is 2.29. The Labute approximate surface area is 64.0 Å². The molecule has 0 fully saturated rings. The van der Waals surface area contributed by atoms with Crippen LogP contribution in [0.25, 0.3) is 0 Å². The van der Waals surface area contributed by atoms with E-state index in [1.54, 1.807) is 7.11 Å². The first-order valence-electron chi connectivity index (χ1n) is 3.37.